The maximum atomic E-state index is 12.3. The fourth-order valence-corrected chi connectivity index (χ4v) is 2.75. The fraction of sp³-hybridized carbons (Fsp3) is 0.312. The highest BCUT2D eigenvalue weighted by molar-refractivity contribution is 5.95. The van der Waals surface area contributed by atoms with Crippen LogP contribution in [-0.4, -0.2) is 32.1 Å². The van der Waals surface area contributed by atoms with Crippen LogP contribution in [0.1, 0.15) is 36.0 Å². The molecule has 1 amide bonds. The molecule has 0 unspecified atom stereocenters. The lowest BCUT2D eigenvalue weighted by Crippen LogP contribution is -2.54. The fourth-order valence-electron chi connectivity index (χ4n) is 2.75. The van der Waals surface area contributed by atoms with E-state index in [-0.39, 0.29) is 12.3 Å². The van der Waals surface area contributed by atoms with Crippen LogP contribution in [0.4, 0.5) is 0 Å². The van der Waals surface area contributed by atoms with Crippen LogP contribution in [0.25, 0.3) is 5.69 Å². The van der Waals surface area contributed by atoms with Gasteiger partial charge in [-0.25, -0.2) is 4.98 Å². The summed E-state index contributed by atoms with van der Waals surface area (Å²) < 4.78 is 1.85. The predicted molar refractivity (Wildman–Crippen MR) is 79.9 cm³/mol. The summed E-state index contributed by atoms with van der Waals surface area (Å²) in [7, 11) is 0. The smallest absolute Gasteiger partial charge is 0.305 e. The molecule has 22 heavy (non-hydrogen) atoms. The predicted octanol–water partition coefficient (Wildman–Crippen LogP) is 2.00. The molecule has 1 aliphatic rings. The molecule has 1 fully saturated rings. The number of carboxylic acid groups (broad SMARTS) is 1. The lowest BCUT2D eigenvalue weighted by Gasteiger charge is -2.41. The van der Waals surface area contributed by atoms with Gasteiger partial charge in [0.05, 0.1) is 18.3 Å². The van der Waals surface area contributed by atoms with Gasteiger partial charge in [0.2, 0.25) is 0 Å². The zero-order valence-electron chi connectivity index (χ0n) is 12.0. The topological polar surface area (TPSA) is 84.2 Å². The van der Waals surface area contributed by atoms with Crippen LogP contribution in [-0.2, 0) is 4.79 Å². The van der Waals surface area contributed by atoms with Gasteiger partial charge >= 0.3 is 5.97 Å². The number of aliphatic carboxylic acids is 1. The minimum atomic E-state index is -0.879. The van der Waals surface area contributed by atoms with Crippen LogP contribution in [0.15, 0.2) is 43.0 Å². The second kappa shape index (κ2) is 5.63. The number of rotatable bonds is 5. The Balaban J connectivity index is 1.71. The van der Waals surface area contributed by atoms with Gasteiger partial charge in [-0.15, -0.1) is 0 Å². The monoisotopic (exact) mass is 299 g/mol. The number of carbonyl (C=O) groups is 2. The highest BCUT2D eigenvalue weighted by Gasteiger charge is 2.40. The Morgan fingerprint density at radius 2 is 2.00 bits per heavy atom. The number of amides is 1. The van der Waals surface area contributed by atoms with Crippen molar-refractivity contribution in [1.82, 2.24) is 14.9 Å². The van der Waals surface area contributed by atoms with E-state index in [9.17, 15) is 9.59 Å². The van der Waals surface area contributed by atoms with Crippen LogP contribution in [0.3, 0.4) is 0 Å². The largest absolute Gasteiger partial charge is 0.481 e. The minimum absolute atomic E-state index is 0.0220. The Labute approximate surface area is 127 Å². The first kappa shape index (κ1) is 14.3. The highest BCUT2D eigenvalue weighted by Crippen LogP contribution is 2.35. The van der Waals surface area contributed by atoms with Crippen molar-refractivity contribution in [3.63, 3.8) is 0 Å². The summed E-state index contributed by atoms with van der Waals surface area (Å²) in [6.45, 7) is 0. The number of hydrogen-bond acceptors (Lipinski definition) is 3. The molecule has 1 aliphatic carbocycles. The van der Waals surface area contributed by atoms with Crippen molar-refractivity contribution in [2.75, 3.05) is 0 Å². The molecule has 2 aromatic rings. The SMILES string of the molecule is O=C(O)CC1(NC(=O)c2ccc(-n3ccnc3)cc2)CCC1. The number of nitrogens with one attached hydrogen (secondary N) is 1. The molecular weight excluding hydrogens is 282 g/mol. The van der Waals surface area contributed by atoms with E-state index in [1.165, 1.54) is 0 Å². The molecule has 0 aliphatic heterocycles. The Hall–Kier alpha value is -2.63. The lowest BCUT2D eigenvalue weighted by atomic mass is 9.74. The maximum Gasteiger partial charge on any atom is 0.305 e. The van der Waals surface area contributed by atoms with E-state index < -0.39 is 11.5 Å². The van der Waals surface area contributed by atoms with Crippen LogP contribution in [0, 0.1) is 0 Å². The third-order valence-corrected chi connectivity index (χ3v) is 4.11. The van der Waals surface area contributed by atoms with Crippen molar-refractivity contribution in [1.29, 1.82) is 0 Å². The Kier molecular flexibility index (Phi) is 3.66. The molecule has 1 saturated carbocycles. The van der Waals surface area contributed by atoms with E-state index in [2.05, 4.69) is 10.3 Å². The Morgan fingerprint density at radius 1 is 1.27 bits per heavy atom. The summed E-state index contributed by atoms with van der Waals surface area (Å²) in [5.41, 5.74) is 0.866. The van der Waals surface area contributed by atoms with Crippen LogP contribution in [0.2, 0.25) is 0 Å². The van der Waals surface area contributed by atoms with Crippen molar-refractivity contribution in [2.24, 2.45) is 0 Å². The van der Waals surface area contributed by atoms with Crippen molar-refractivity contribution in [3.8, 4) is 5.69 Å². The van der Waals surface area contributed by atoms with E-state index in [0.717, 1.165) is 24.9 Å². The number of imidazole rings is 1. The van der Waals surface area contributed by atoms with Gasteiger partial charge in [-0.1, -0.05) is 0 Å². The molecule has 0 saturated heterocycles. The molecule has 1 aromatic carbocycles. The van der Waals surface area contributed by atoms with Crippen molar-refractivity contribution in [3.05, 3.63) is 48.5 Å². The molecule has 1 heterocycles. The molecule has 0 atom stereocenters. The number of hydrogen-bond donors (Lipinski definition) is 2. The molecule has 1 aromatic heterocycles. The van der Waals surface area contributed by atoms with Gasteiger partial charge in [0.25, 0.3) is 5.91 Å². The lowest BCUT2D eigenvalue weighted by molar-refractivity contribution is -0.139. The molecule has 6 nitrogen and oxygen atoms in total. The van der Waals surface area contributed by atoms with Crippen LogP contribution < -0.4 is 5.32 Å². The quantitative estimate of drug-likeness (QED) is 0.884. The van der Waals surface area contributed by atoms with Gasteiger partial charge in [-0.3, -0.25) is 9.59 Å². The van der Waals surface area contributed by atoms with E-state index in [1.807, 2.05) is 22.9 Å². The minimum Gasteiger partial charge on any atom is -0.481 e. The summed E-state index contributed by atoms with van der Waals surface area (Å²) >= 11 is 0. The Bertz CT molecular complexity index is 673. The molecule has 114 valence electrons. The van der Waals surface area contributed by atoms with Gasteiger partial charge in [-0.2, -0.15) is 0 Å². The van der Waals surface area contributed by atoms with E-state index >= 15 is 0 Å². The van der Waals surface area contributed by atoms with Crippen molar-refractivity contribution >= 4 is 11.9 Å². The molecule has 3 rings (SSSR count). The highest BCUT2D eigenvalue weighted by atomic mass is 16.4. The average Bonchev–Trinajstić information content (AvgIpc) is 2.98. The summed E-state index contributed by atoms with van der Waals surface area (Å²) in [5, 5.41) is 11.9. The van der Waals surface area contributed by atoms with Gasteiger partial charge in [-0.05, 0) is 43.5 Å². The molecule has 0 bridgehead atoms. The van der Waals surface area contributed by atoms with Crippen molar-refractivity contribution < 1.29 is 14.7 Å². The first-order chi connectivity index (χ1) is 10.6. The van der Waals surface area contributed by atoms with E-state index in [0.29, 0.717) is 5.56 Å². The van der Waals surface area contributed by atoms with Crippen molar-refractivity contribution in [2.45, 2.75) is 31.2 Å². The van der Waals surface area contributed by atoms with Gasteiger partial charge < -0.3 is 15.0 Å². The second-order valence-electron chi connectivity index (χ2n) is 5.68. The number of benzene rings is 1. The third-order valence-electron chi connectivity index (χ3n) is 4.11. The average molecular weight is 299 g/mol. The normalized spacial score (nSPS) is 15.8. The number of nitrogens with zero attached hydrogens (tertiary/aromatic N) is 2. The zero-order valence-corrected chi connectivity index (χ0v) is 12.0. The summed E-state index contributed by atoms with van der Waals surface area (Å²) in [5.74, 6) is -1.10. The maximum absolute atomic E-state index is 12.3. The third kappa shape index (κ3) is 2.86. The number of aromatic nitrogens is 2. The number of carbonyl (C=O) groups excluding carboxylic acids is 1. The molecule has 2 N–H and O–H groups in total. The molecule has 6 heteroatoms. The molecule has 0 spiro atoms. The van der Waals surface area contributed by atoms with Gasteiger partial charge in [0.1, 0.15) is 0 Å². The molecule has 0 radical (unpaired) electrons. The van der Waals surface area contributed by atoms with Crippen LogP contribution in [0.5, 0.6) is 0 Å². The first-order valence-corrected chi connectivity index (χ1v) is 7.21. The zero-order chi connectivity index (χ0) is 15.6. The van der Waals surface area contributed by atoms with Gasteiger partial charge in [0, 0.05) is 23.6 Å². The standard InChI is InChI=1S/C16H17N3O3/c20-14(21)10-16(6-1-7-16)18-15(22)12-2-4-13(5-3-12)19-9-8-17-11-19/h2-5,8-9,11H,1,6-7,10H2,(H,18,22)(H,20,21). The summed E-state index contributed by atoms with van der Waals surface area (Å²) in [6, 6.07) is 7.14. The second-order valence-corrected chi connectivity index (χ2v) is 5.68. The molecular formula is C16H17N3O3. The summed E-state index contributed by atoms with van der Waals surface area (Å²) in [6.07, 6.45) is 7.57. The Morgan fingerprint density at radius 3 is 2.50 bits per heavy atom. The van der Waals surface area contributed by atoms with Crippen LogP contribution >= 0.6 is 0 Å². The van der Waals surface area contributed by atoms with E-state index in [4.69, 9.17) is 5.11 Å². The first-order valence-electron chi connectivity index (χ1n) is 7.21. The van der Waals surface area contributed by atoms with E-state index in [1.54, 1.807) is 24.7 Å². The van der Waals surface area contributed by atoms with Gasteiger partial charge in [0.15, 0.2) is 0 Å². The summed E-state index contributed by atoms with van der Waals surface area (Å²) in [4.78, 5) is 27.2. The number of carboxylic acids is 1.